The predicted molar refractivity (Wildman–Crippen MR) is 129 cm³/mol. The van der Waals surface area contributed by atoms with E-state index in [4.69, 9.17) is 14.6 Å². The maximum Gasteiger partial charge on any atom is 0.264 e. The summed E-state index contributed by atoms with van der Waals surface area (Å²) in [5.41, 5.74) is 4.31. The van der Waals surface area contributed by atoms with Crippen LogP contribution in [0.5, 0.6) is 11.5 Å². The molecule has 1 unspecified atom stereocenters. The average molecular weight is 460 g/mol. The van der Waals surface area contributed by atoms with Crippen LogP contribution < -0.4 is 9.47 Å². The van der Waals surface area contributed by atoms with Crippen LogP contribution in [0.4, 0.5) is 0 Å². The van der Waals surface area contributed by atoms with Gasteiger partial charge in [-0.3, -0.25) is 4.79 Å². The summed E-state index contributed by atoms with van der Waals surface area (Å²) in [6, 6.07) is 16.2. The van der Waals surface area contributed by atoms with Gasteiger partial charge in [-0.2, -0.15) is 5.10 Å². The molecule has 2 aromatic heterocycles. The van der Waals surface area contributed by atoms with Gasteiger partial charge in [0.2, 0.25) is 0 Å². The number of aromatic nitrogens is 2. The summed E-state index contributed by atoms with van der Waals surface area (Å²) in [6.07, 6.45) is 1.69. The third-order valence-electron chi connectivity index (χ3n) is 6.57. The quantitative estimate of drug-likeness (QED) is 0.407. The van der Waals surface area contributed by atoms with Gasteiger partial charge in [-0.05, 0) is 61.7 Å². The molecule has 0 aliphatic carbocycles. The number of thiophene rings is 1. The van der Waals surface area contributed by atoms with E-state index in [9.17, 15) is 4.79 Å². The summed E-state index contributed by atoms with van der Waals surface area (Å²) < 4.78 is 13.7. The molecule has 0 saturated carbocycles. The summed E-state index contributed by atoms with van der Waals surface area (Å²) in [4.78, 5) is 17.4. The number of benzene rings is 2. The van der Waals surface area contributed by atoms with Gasteiger partial charge >= 0.3 is 0 Å². The van der Waals surface area contributed by atoms with E-state index in [-0.39, 0.29) is 11.9 Å². The molecule has 2 aromatic carbocycles. The molecule has 1 amide bonds. The van der Waals surface area contributed by atoms with Crippen LogP contribution in [-0.4, -0.2) is 40.3 Å². The number of ether oxygens (including phenoxy) is 2. The summed E-state index contributed by atoms with van der Waals surface area (Å²) in [7, 11) is 0. The highest BCUT2D eigenvalue weighted by molar-refractivity contribution is 7.20. The van der Waals surface area contributed by atoms with Gasteiger partial charge in [0, 0.05) is 18.4 Å². The van der Waals surface area contributed by atoms with Gasteiger partial charge in [0.1, 0.15) is 4.83 Å². The minimum atomic E-state index is -0.0321. The number of aryl methyl sites for hydroxylation is 1. The van der Waals surface area contributed by atoms with Crippen LogP contribution in [0.15, 0.2) is 48.5 Å². The van der Waals surface area contributed by atoms with Gasteiger partial charge in [0.05, 0.1) is 35.5 Å². The Labute approximate surface area is 196 Å². The summed E-state index contributed by atoms with van der Waals surface area (Å²) in [5.74, 6) is 1.68. The summed E-state index contributed by atoms with van der Waals surface area (Å²) in [6.45, 7) is 6.12. The van der Waals surface area contributed by atoms with Crippen LogP contribution in [0.25, 0.3) is 15.9 Å². The van der Waals surface area contributed by atoms with E-state index in [0.29, 0.717) is 19.8 Å². The highest BCUT2D eigenvalue weighted by Gasteiger charge is 2.31. The highest BCUT2D eigenvalue weighted by Crippen LogP contribution is 2.40. The van der Waals surface area contributed by atoms with Crippen LogP contribution in [-0.2, 0) is 6.42 Å². The van der Waals surface area contributed by atoms with Gasteiger partial charge in [-0.15, -0.1) is 11.3 Å². The molecule has 2 aliphatic rings. The first-order valence-electron chi connectivity index (χ1n) is 11.4. The van der Waals surface area contributed by atoms with Gasteiger partial charge in [-0.1, -0.05) is 18.2 Å². The second kappa shape index (κ2) is 7.92. The van der Waals surface area contributed by atoms with Crippen LogP contribution in [0.2, 0.25) is 0 Å². The topological polar surface area (TPSA) is 56.6 Å². The maximum atomic E-state index is 13.6. The number of hydrogen-bond acceptors (Lipinski definition) is 5. The fourth-order valence-corrected chi connectivity index (χ4v) is 5.93. The van der Waals surface area contributed by atoms with E-state index in [1.165, 1.54) is 16.9 Å². The first-order chi connectivity index (χ1) is 16.1. The third kappa shape index (κ3) is 3.38. The fraction of sp³-hybridized carbons (Fsp3) is 0.308. The van der Waals surface area contributed by atoms with Gasteiger partial charge in [0.15, 0.2) is 11.5 Å². The fourth-order valence-electron chi connectivity index (χ4n) is 4.79. The summed E-state index contributed by atoms with van der Waals surface area (Å²) >= 11 is 1.51. The largest absolute Gasteiger partial charge is 0.490 e. The molecule has 33 heavy (non-hydrogen) atoms. The van der Waals surface area contributed by atoms with Gasteiger partial charge < -0.3 is 14.4 Å². The first kappa shape index (κ1) is 20.3. The van der Waals surface area contributed by atoms with Crippen molar-refractivity contribution in [2.45, 2.75) is 32.7 Å². The van der Waals surface area contributed by atoms with Crippen molar-refractivity contribution in [1.82, 2.24) is 14.7 Å². The average Bonchev–Trinajstić information content (AvgIpc) is 3.31. The number of hydrogen-bond donors (Lipinski definition) is 0. The Morgan fingerprint density at radius 1 is 1.09 bits per heavy atom. The lowest BCUT2D eigenvalue weighted by molar-refractivity contribution is 0.0682. The van der Waals surface area contributed by atoms with Crippen molar-refractivity contribution in [2.24, 2.45) is 0 Å². The standard InChI is InChI=1S/C26H25N3O3S/c1-16-20-15-24(33-26(20)29(27-16)19-7-4-3-5-8-19)25(30)28-10-9-18-13-22-23(14-21(18)17(28)2)32-12-6-11-31-22/h3-5,7-8,13-15,17H,6,9-12H2,1-2H3. The van der Waals surface area contributed by atoms with Crippen molar-refractivity contribution < 1.29 is 14.3 Å². The molecule has 0 bridgehead atoms. The third-order valence-corrected chi connectivity index (χ3v) is 7.66. The van der Waals surface area contributed by atoms with Crippen molar-refractivity contribution in [1.29, 1.82) is 0 Å². The van der Waals surface area contributed by atoms with Crippen molar-refractivity contribution in [2.75, 3.05) is 19.8 Å². The number of carbonyl (C=O) groups is 1. The number of nitrogens with zero attached hydrogens (tertiary/aromatic N) is 3. The molecule has 0 radical (unpaired) electrons. The SMILES string of the molecule is Cc1nn(-c2ccccc2)c2sc(C(=O)N3CCc4cc5c(cc4C3C)OCCCO5)cc12. The zero-order valence-electron chi connectivity index (χ0n) is 18.7. The Bertz CT molecular complexity index is 1360. The molecule has 6 rings (SSSR count). The summed E-state index contributed by atoms with van der Waals surface area (Å²) in [5, 5.41) is 5.74. The molecule has 1 atom stereocenters. The lowest BCUT2D eigenvalue weighted by Gasteiger charge is -2.35. The lowest BCUT2D eigenvalue weighted by atomic mass is 9.92. The number of rotatable bonds is 2. The van der Waals surface area contributed by atoms with E-state index in [2.05, 4.69) is 19.1 Å². The Hall–Kier alpha value is -3.32. The molecule has 168 valence electrons. The van der Waals surface area contributed by atoms with Crippen LogP contribution in [0.3, 0.4) is 0 Å². The van der Waals surface area contributed by atoms with E-state index >= 15 is 0 Å². The molecule has 0 saturated heterocycles. The first-order valence-corrected chi connectivity index (χ1v) is 12.2. The molecule has 0 N–H and O–H groups in total. The molecule has 2 aliphatic heterocycles. The van der Waals surface area contributed by atoms with Crippen molar-refractivity contribution >= 4 is 27.5 Å². The van der Waals surface area contributed by atoms with E-state index in [1.54, 1.807) is 0 Å². The second-order valence-electron chi connectivity index (χ2n) is 8.63. The minimum absolute atomic E-state index is 0.0321. The Balaban J connectivity index is 1.34. The van der Waals surface area contributed by atoms with E-state index < -0.39 is 0 Å². The predicted octanol–water partition coefficient (Wildman–Crippen LogP) is 5.32. The van der Waals surface area contributed by atoms with Crippen molar-refractivity contribution in [3.8, 4) is 17.2 Å². The number of para-hydroxylation sites is 1. The Kier molecular flexibility index (Phi) is 4.87. The molecule has 4 heterocycles. The second-order valence-corrected chi connectivity index (χ2v) is 9.67. The Morgan fingerprint density at radius 3 is 2.64 bits per heavy atom. The normalized spacial score (nSPS) is 17.6. The molecular formula is C26H25N3O3S. The number of fused-ring (bicyclic) bond motifs is 3. The highest BCUT2D eigenvalue weighted by atomic mass is 32.1. The van der Waals surface area contributed by atoms with Crippen molar-refractivity contribution in [3.63, 3.8) is 0 Å². The van der Waals surface area contributed by atoms with Crippen LogP contribution >= 0.6 is 11.3 Å². The minimum Gasteiger partial charge on any atom is -0.490 e. The zero-order chi connectivity index (χ0) is 22.5. The molecule has 0 spiro atoms. The monoisotopic (exact) mass is 459 g/mol. The van der Waals surface area contributed by atoms with Crippen LogP contribution in [0, 0.1) is 6.92 Å². The smallest absolute Gasteiger partial charge is 0.264 e. The molecule has 4 aromatic rings. The maximum absolute atomic E-state index is 13.6. The van der Waals surface area contributed by atoms with Gasteiger partial charge in [-0.25, -0.2) is 4.68 Å². The van der Waals surface area contributed by atoms with E-state index in [1.807, 2.05) is 52.9 Å². The number of amides is 1. The molecule has 7 heteroatoms. The van der Waals surface area contributed by atoms with Crippen molar-refractivity contribution in [3.05, 3.63) is 70.2 Å². The number of carbonyl (C=O) groups excluding carboxylic acids is 1. The van der Waals surface area contributed by atoms with Gasteiger partial charge in [0.25, 0.3) is 5.91 Å². The zero-order valence-corrected chi connectivity index (χ0v) is 19.5. The van der Waals surface area contributed by atoms with Crippen LogP contribution in [0.1, 0.15) is 45.9 Å². The molecule has 6 nitrogen and oxygen atoms in total. The van der Waals surface area contributed by atoms with E-state index in [0.717, 1.165) is 56.4 Å². The Morgan fingerprint density at radius 2 is 1.85 bits per heavy atom. The lowest BCUT2D eigenvalue weighted by Crippen LogP contribution is -2.38. The molecular weight excluding hydrogens is 434 g/mol. The molecule has 0 fully saturated rings.